The molecule has 0 saturated heterocycles. The predicted octanol–water partition coefficient (Wildman–Crippen LogP) is 2.77. The molecule has 30 heavy (non-hydrogen) atoms. The SMILES string of the molecule is CCOc1ccc(NC(=O)C(C)OC(=O)CCN2C(=O)COc3ccccc32)cc1. The number of anilines is 2. The molecule has 0 bridgehead atoms. The molecule has 1 atom stereocenters. The van der Waals surface area contributed by atoms with Crippen LogP contribution in [0.5, 0.6) is 11.5 Å². The second-order valence-electron chi connectivity index (χ2n) is 6.63. The molecule has 0 saturated carbocycles. The van der Waals surface area contributed by atoms with Gasteiger partial charge in [-0.25, -0.2) is 0 Å². The van der Waals surface area contributed by atoms with Crippen molar-refractivity contribution in [2.45, 2.75) is 26.4 Å². The second-order valence-corrected chi connectivity index (χ2v) is 6.63. The average molecular weight is 412 g/mol. The lowest BCUT2D eigenvalue weighted by molar-refractivity contribution is -0.153. The van der Waals surface area contributed by atoms with Crippen molar-refractivity contribution in [3.63, 3.8) is 0 Å². The van der Waals surface area contributed by atoms with E-state index in [0.29, 0.717) is 29.5 Å². The number of amides is 2. The first-order valence-electron chi connectivity index (χ1n) is 9.73. The van der Waals surface area contributed by atoms with Crippen LogP contribution in [0.4, 0.5) is 11.4 Å². The number of nitrogens with one attached hydrogen (secondary N) is 1. The normalized spacial score (nSPS) is 13.7. The summed E-state index contributed by atoms with van der Waals surface area (Å²) in [4.78, 5) is 38.1. The van der Waals surface area contributed by atoms with Crippen LogP contribution >= 0.6 is 0 Å². The van der Waals surface area contributed by atoms with Crippen molar-refractivity contribution in [2.75, 3.05) is 30.0 Å². The number of para-hydroxylation sites is 2. The number of rotatable bonds is 8. The standard InChI is InChI=1S/C22H24N2O6/c1-3-28-17-10-8-16(9-11-17)23-22(27)15(2)30-21(26)12-13-24-18-6-4-5-7-19(18)29-14-20(24)25/h4-11,15H,3,12-14H2,1-2H3,(H,23,27). The Labute approximate surface area is 174 Å². The number of hydrogen-bond acceptors (Lipinski definition) is 6. The number of nitrogens with zero attached hydrogens (tertiary/aromatic N) is 1. The summed E-state index contributed by atoms with van der Waals surface area (Å²) in [6.45, 7) is 4.01. The van der Waals surface area contributed by atoms with E-state index in [9.17, 15) is 14.4 Å². The van der Waals surface area contributed by atoms with Crippen LogP contribution in [-0.4, -0.2) is 43.6 Å². The highest BCUT2D eigenvalue weighted by molar-refractivity contribution is 5.98. The minimum atomic E-state index is -0.975. The van der Waals surface area contributed by atoms with E-state index in [0.717, 1.165) is 0 Å². The second kappa shape index (κ2) is 9.78. The Kier molecular flexibility index (Phi) is 6.90. The summed E-state index contributed by atoms with van der Waals surface area (Å²) < 4.78 is 15.9. The highest BCUT2D eigenvalue weighted by Crippen LogP contribution is 2.31. The molecule has 1 heterocycles. The van der Waals surface area contributed by atoms with Crippen molar-refractivity contribution in [1.82, 2.24) is 0 Å². The molecule has 2 amide bonds. The van der Waals surface area contributed by atoms with Crippen molar-refractivity contribution in [3.05, 3.63) is 48.5 Å². The van der Waals surface area contributed by atoms with Crippen molar-refractivity contribution < 1.29 is 28.6 Å². The van der Waals surface area contributed by atoms with Crippen LogP contribution in [0, 0.1) is 0 Å². The Morgan fingerprint density at radius 3 is 2.63 bits per heavy atom. The third-order valence-electron chi connectivity index (χ3n) is 4.46. The van der Waals surface area contributed by atoms with Gasteiger partial charge < -0.3 is 24.4 Å². The van der Waals surface area contributed by atoms with Gasteiger partial charge in [-0.05, 0) is 50.2 Å². The van der Waals surface area contributed by atoms with Gasteiger partial charge in [-0.1, -0.05) is 12.1 Å². The number of ether oxygens (including phenoxy) is 3. The number of carbonyl (C=O) groups is 3. The van der Waals surface area contributed by atoms with Gasteiger partial charge in [-0.3, -0.25) is 14.4 Å². The molecule has 1 N–H and O–H groups in total. The smallest absolute Gasteiger partial charge is 0.308 e. The van der Waals surface area contributed by atoms with Crippen LogP contribution in [-0.2, 0) is 19.1 Å². The zero-order valence-electron chi connectivity index (χ0n) is 16.9. The van der Waals surface area contributed by atoms with E-state index in [4.69, 9.17) is 14.2 Å². The summed E-state index contributed by atoms with van der Waals surface area (Å²) in [5, 5.41) is 2.69. The molecule has 0 fully saturated rings. The van der Waals surface area contributed by atoms with Crippen LogP contribution in [0.3, 0.4) is 0 Å². The highest BCUT2D eigenvalue weighted by atomic mass is 16.5. The monoisotopic (exact) mass is 412 g/mol. The first kappa shape index (κ1) is 21.2. The van der Waals surface area contributed by atoms with Gasteiger partial charge >= 0.3 is 5.97 Å². The first-order valence-corrected chi connectivity index (χ1v) is 9.73. The minimum Gasteiger partial charge on any atom is -0.494 e. The number of hydrogen-bond donors (Lipinski definition) is 1. The van der Waals surface area contributed by atoms with E-state index in [-0.39, 0.29) is 25.5 Å². The Morgan fingerprint density at radius 2 is 1.90 bits per heavy atom. The third-order valence-corrected chi connectivity index (χ3v) is 4.46. The Hall–Kier alpha value is -3.55. The molecule has 3 rings (SSSR count). The Morgan fingerprint density at radius 1 is 1.17 bits per heavy atom. The lowest BCUT2D eigenvalue weighted by Gasteiger charge is -2.29. The highest BCUT2D eigenvalue weighted by Gasteiger charge is 2.26. The van der Waals surface area contributed by atoms with Crippen LogP contribution < -0.4 is 19.7 Å². The first-order chi connectivity index (χ1) is 14.5. The Bertz CT molecular complexity index is 912. The maximum absolute atomic E-state index is 12.3. The molecule has 1 aliphatic heterocycles. The summed E-state index contributed by atoms with van der Waals surface area (Å²) in [5.41, 5.74) is 1.18. The van der Waals surface area contributed by atoms with E-state index in [1.165, 1.54) is 11.8 Å². The number of benzene rings is 2. The average Bonchev–Trinajstić information content (AvgIpc) is 2.74. The molecule has 0 spiro atoms. The van der Waals surface area contributed by atoms with Gasteiger partial charge in [-0.2, -0.15) is 0 Å². The molecular weight excluding hydrogens is 388 g/mol. The fourth-order valence-electron chi connectivity index (χ4n) is 2.96. The number of esters is 1. The van der Waals surface area contributed by atoms with Crippen molar-refractivity contribution in [2.24, 2.45) is 0 Å². The van der Waals surface area contributed by atoms with Crippen LogP contribution in [0.15, 0.2) is 48.5 Å². The van der Waals surface area contributed by atoms with E-state index in [1.54, 1.807) is 42.5 Å². The zero-order valence-corrected chi connectivity index (χ0v) is 16.9. The van der Waals surface area contributed by atoms with Gasteiger partial charge in [0.1, 0.15) is 11.5 Å². The van der Waals surface area contributed by atoms with E-state index < -0.39 is 18.0 Å². The summed E-state index contributed by atoms with van der Waals surface area (Å²) in [6, 6.07) is 14.0. The quantitative estimate of drug-likeness (QED) is 0.670. The maximum atomic E-state index is 12.3. The van der Waals surface area contributed by atoms with E-state index in [1.807, 2.05) is 13.0 Å². The lowest BCUT2D eigenvalue weighted by Crippen LogP contribution is -2.40. The van der Waals surface area contributed by atoms with Gasteiger partial charge in [0, 0.05) is 12.2 Å². The lowest BCUT2D eigenvalue weighted by atomic mass is 10.2. The summed E-state index contributed by atoms with van der Waals surface area (Å²) >= 11 is 0. The fourth-order valence-corrected chi connectivity index (χ4v) is 2.96. The zero-order chi connectivity index (χ0) is 21.5. The molecule has 0 radical (unpaired) electrons. The van der Waals surface area contributed by atoms with Crippen LogP contribution in [0.1, 0.15) is 20.3 Å². The summed E-state index contributed by atoms with van der Waals surface area (Å²) in [5.74, 6) is 0.0481. The predicted molar refractivity (Wildman–Crippen MR) is 111 cm³/mol. The number of fused-ring (bicyclic) bond motifs is 1. The molecule has 8 heteroatoms. The van der Waals surface area contributed by atoms with Crippen LogP contribution in [0.25, 0.3) is 0 Å². The molecule has 2 aromatic carbocycles. The van der Waals surface area contributed by atoms with Crippen molar-refractivity contribution >= 4 is 29.2 Å². The van der Waals surface area contributed by atoms with Gasteiger partial charge in [-0.15, -0.1) is 0 Å². The van der Waals surface area contributed by atoms with Crippen molar-refractivity contribution in [1.29, 1.82) is 0 Å². The molecule has 8 nitrogen and oxygen atoms in total. The summed E-state index contributed by atoms with van der Waals surface area (Å²) in [6.07, 6.45) is -1.02. The fraction of sp³-hybridized carbons (Fsp3) is 0.318. The maximum Gasteiger partial charge on any atom is 0.308 e. The third kappa shape index (κ3) is 5.28. The molecule has 2 aromatic rings. The molecular formula is C22H24N2O6. The van der Waals surface area contributed by atoms with Gasteiger partial charge in [0.2, 0.25) is 0 Å². The molecule has 158 valence electrons. The molecule has 1 unspecified atom stereocenters. The van der Waals surface area contributed by atoms with Gasteiger partial charge in [0.15, 0.2) is 12.7 Å². The number of carbonyl (C=O) groups excluding carboxylic acids is 3. The van der Waals surface area contributed by atoms with Crippen LogP contribution in [0.2, 0.25) is 0 Å². The van der Waals surface area contributed by atoms with E-state index >= 15 is 0 Å². The minimum absolute atomic E-state index is 0.0409. The largest absolute Gasteiger partial charge is 0.494 e. The molecule has 0 aromatic heterocycles. The van der Waals surface area contributed by atoms with E-state index in [2.05, 4.69) is 5.32 Å². The van der Waals surface area contributed by atoms with Gasteiger partial charge in [0.05, 0.1) is 18.7 Å². The molecule has 0 aliphatic carbocycles. The molecule has 1 aliphatic rings. The van der Waals surface area contributed by atoms with Crippen molar-refractivity contribution in [3.8, 4) is 11.5 Å². The Balaban J connectivity index is 1.49. The topological polar surface area (TPSA) is 94.2 Å². The van der Waals surface area contributed by atoms with Gasteiger partial charge in [0.25, 0.3) is 11.8 Å². The summed E-state index contributed by atoms with van der Waals surface area (Å²) in [7, 11) is 0.